The van der Waals surface area contributed by atoms with Gasteiger partial charge in [-0.1, -0.05) is 339 Å². The maximum atomic E-state index is 13.0. The van der Waals surface area contributed by atoms with Crippen molar-refractivity contribution in [3.8, 4) is 0 Å². The number of rotatable bonds is 66. The molecule has 0 aromatic heterocycles. The van der Waals surface area contributed by atoms with Crippen LogP contribution in [-0.4, -0.2) is 68.5 Å². The number of nitrogens with zero attached hydrogens (tertiary/aromatic N) is 1. The Labute approximate surface area is 505 Å². The first-order valence-electron chi connectivity index (χ1n) is 35.5. The molecule has 0 fully saturated rings. The van der Waals surface area contributed by atoms with E-state index in [-0.39, 0.29) is 19.1 Å². The Balaban J connectivity index is 4.06. The number of phosphoric acid groups is 1. The van der Waals surface area contributed by atoms with Gasteiger partial charge in [-0.25, -0.2) is 0 Å². The summed E-state index contributed by atoms with van der Waals surface area (Å²) in [6.07, 6.45) is 85.2. The van der Waals surface area contributed by atoms with Crippen LogP contribution in [0.1, 0.15) is 354 Å². The second-order valence-corrected chi connectivity index (χ2v) is 27.0. The molecule has 2 N–H and O–H groups in total. The molecule has 3 unspecified atom stereocenters. The van der Waals surface area contributed by atoms with Crippen molar-refractivity contribution < 1.29 is 32.9 Å². The molecule has 0 spiro atoms. The summed E-state index contributed by atoms with van der Waals surface area (Å²) in [5.41, 5.74) is 0. The van der Waals surface area contributed by atoms with Gasteiger partial charge < -0.3 is 28.8 Å². The third-order valence-electron chi connectivity index (χ3n) is 16.3. The lowest BCUT2D eigenvalue weighted by Gasteiger charge is -2.29. The number of carbonyl (C=O) groups is 1. The van der Waals surface area contributed by atoms with E-state index < -0.39 is 20.0 Å². The maximum Gasteiger partial charge on any atom is 0.268 e. The lowest BCUT2D eigenvalue weighted by molar-refractivity contribution is -0.870. The van der Waals surface area contributed by atoms with Crippen molar-refractivity contribution >= 4 is 13.7 Å². The molecule has 8 nitrogen and oxygen atoms in total. The molecule has 0 aromatic carbocycles. The van der Waals surface area contributed by atoms with Crippen molar-refractivity contribution in [2.24, 2.45) is 0 Å². The molecule has 3 atom stereocenters. The minimum atomic E-state index is -4.61. The summed E-state index contributed by atoms with van der Waals surface area (Å²) in [5.74, 6) is -0.195. The average Bonchev–Trinajstić information content (AvgIpc) is 3.43. The zero-order valence-corrected chi connectivity index (χ0v) is 55.6. The minimum Gasteiger partial charge on any atom is -0.756 e. The molecule has 0 saturated carbocycles. The van der Waals surface area contributed by atoms with Gasteiger partial charge in [0, 0.05) is 6.42 Å². The maximum absolute atomic E-state index is 13.0. The summed E-state index contributed by atoms with van der Waals surface area (Å²) in [4.78, 5) is 25.6. The quantitative estimate of drug-likeness (QED) is 0.0272. The van der Waals surface area contributed by atoms with Gasteiger partial charge >= 0.3 is 0 Å². The van der Waals surface area contributed by atoms with Crippen LogP contribution in [0, 0.1) is 0 Å². The van der Waals surface area contributed by atoms with Crippen molar-refractivity contribution in [3.05, 3.63) is 48.6 Å². The summed E-state index contributed by atoms with van der Waals surface area (Å²) < 4.78 is 23.5. The molecule has 0 aliphatic carbocycles. The molecule has 0 rings (SSSR count). The molecule has 9 heteroatoms. The molecule has 0 aliphatic rings. The van der Waals surface area contributed by atoms with Crippen molar-refractivity contribution in [1.82, 2.24) is 5.32 Å². The van der Waals surface area contributed by atoms with Crippen molar-refractivity contribution in [1.29, 1.82) is 0 Å². The van der Waals surface area contributed by atoms with Gasteiger partial charge in [0.15, 0.2) is 0 Å². The highest BCUT2D eigenvalue weighted by atomic mass is 31.2. The predicted molar refractivity (Wildman–Crippen MR) is 353 cm³/mol. The van der Waals surface area contributed by atoms with Gasteiger partial charge in [0.2, 0.25) is 5.91 Å². The Kier molecular flexibility index (Phi) is 61.8. The van der Waals surface area contributed by atoms with Crippen LogP contribution in [0.25, 0.3) is 0 Å². The van der Waals surface area contributed by atoms with E-state index in [0.29, 0.717) is 17.4 Å². The summed E-state index contributed by atoms with van der Waals surface area (Å²) in [7, 11) is 1.27. The minimum absolute atomic E-state index is 0.00132. The summed E-state index contributed by atoms with van der Waals surface area (Å²) in [6.45, 7) is 4.69. The third-order valence-corrected chi connectivity index (χ3v) is 17.2. The number of unbranched alkanes of at least 4 members (excludes halogenated alkanes) is 47. The predicted octanol–water partition coefficient (Wildman–Crippen LogP) is 22.0. The molecule has 0 radical (unpaired) electrons. The standard InChI is InChI=1S/C72H139N2O6P/c1-6-8-10-12-14-16-18-20-22-24-26-28-30-32-34-35-36-37-38-40-41-43-45-47-49-51-53-55-57-59-61-63-65-71(75)70(69-80-81(77,78)79-68-67-74(3,4)5)73-72(76)66-64-62-60-58-56-54-52-50-48-46-44-42-39-33-31-29-27-25-23-21-19-17-15-13-11-9-7-2/h19,21,25,27,31,33,63,65,70-71,75H,6-18,20,22-24,26,28-30,32,34-62,64,66-69H2,1-5H3,(H-,73,76,77,78)/b21-19-,27-25-,33-31-,65-63+. The number of quaternary nitrogens is 1. The van der Waals surface area contributed by atoms with Crippen LogP contribution in [0.3, 0.4) is 0 Å². The van der Waals surface area contributed by atoms with E-state index in [0.717, 1.165) is 51.4 Å². The summed E-state index contributed by atoms with van der Waals surface area (Å²) in [6, 6.07) is -0.891. The van der Waals surface area contributed by atoms with Crippen LogP contribution in [-0.2, 0) is 18.4 Å². The highest BCUT2D eigenvalue weighted by molar-refractivity contribution is 7.45. The van der Waals surface area contributed by atoms with Crippen LogP contribution >= 0.6 is 7.82 Å². The molecule has 0 heterocycles. The molecular formula is C72H139N2O6P. The van der Waals surface area contributed by atoms with E-state index in [2.05, 4.69) is 55.6 Å². The molecule has 478 valence electrons. The van der Waals surface area contributed by atoms with Gasteiger partial charge in [-0.2, -0.15) is 0 Å². The lowest BCUT2D eigenvalue weighted by Crippen LogP contribution is -2.45. The monoisotopic (exact) mass is 1160 g/mol. The SMILES string of the molecule is CCCCCCC/C=C\C/C=C\C/C=C\CCCCCCCCCCCCCCC(=O)NC(COP(=O)([O-])OCC[N+](C)(C)C)C(O)/C=C/CCCCCCCCCCCCCCCCCCCCCCCCCCCCCCCC. The molecule has 81 heavy (non-hydrogen) atoms. The molecule has 0 aromatic rings. The molecule has 0 saturated heterocycles. The van der Waals surface area contributed by atoms with Gasteiger partial charge in [-0.3, -0.25) is 9.36 Å². The first-order valence-corrected chi connectivity index (χ1v) is 37.0. The van der Waals surface area contributed by atoms with Gasteiger partial charge in [-0.15, -0.1) is 0 Å². The number of aliphatic hydroxyl groups excluding tert-OH is 1. The largest absolute Gasteiger partial charge is 0.756 e. The van der Waals surface area contributed by atoms with E-state index in [1.165, 1.54) is 283 Å². The van der Waals surface area contributed by atoms with Crippen LogP contribution in [0.4, 0.5) is 0 Å². The van der Waals surface area contributed by atoms with Gasteiger partial charge in [0.1, 0.15) is 13.2 Å². The summed E-state index contributed by atoms with van der Waals surface area (Å²) >= 11 is 0. The molecule has 1 amide bonds. The Hall–Kier alpha value is -1.54. The number of phosphoric ester groups is 1. The number of hydrogen-bond donors (Lipinski definition) is 2. The highest BCUT2D eigenvalue weighted by Gasteiger charge is 2.23. The van der Waals surface area contributed by atoms with Crippen LogP contribution in [0.5, 0.6) is 0 Å². The number of hydrogen-bond acceptors (Lipinski definition) is 6. The van der Waals surface area contributed by atoms with Crippen LogP contribution < -0.4 is 10.2 Å². The number of likely N-dealkylation sites (N-methyl/N-ethyl adjacent to an activating group) is 1. The Morgan fingerprint density at radius 3 is 1.04 bits per heavy atom. The first-order chi connectivity index (χ1) is 39.5. The second kappa shape index (κ2) is 63.0. The van der Waals surface area contributed by atoms with E-state index in [4.69, 9.17) is 9.05 Å². The van der Waals surface area contributed by atoms with E-state index in [1.807, 2.05) is 27.2 Å². The fourth-order valence-corrected chi connectivity index (χ4v) is 11.5. The van der Waals surface area contributed by atoms with Crippen LogP contribution in [0.2, 0.25) is 0 Å². The lowest BCUT2D eigenvalue weighted by atomic mass is 10.0. The number of allylic oxidation sites excluding steroid dienone is 7. The van der Waals surface area contributed by atoms with Crippen molar-refractivity contribution in [2.45, 2.75) is 366 Å². The zero-order valence-electron chi connectivity index (χ0n) is 54.8. The van der Waals surface area contributed by atoms with Crippen molar-refractivity contribution in [2.75, 3.05) is 40.9 Å². The Bertz CT molecular complexity index is 1460. The number of nitrogens with one attached hydrogen (secondary N) is 1. The van der Waals surface area contributed by atoms with Crippen LogP contribution in [0.15, 0.2) is 48.6 Å². The zero-order chi connectivity index (χ0) is 59.1. The molecule has 0 aliphatic heterocycles. The van der Waals surface area contributed by atoms with E-state index in [1.54, 1.807) is 6.08 Å². The summed E-state index contributed by atoms with van der Waals surface area (Å²) in [5, 5.41) is 14.0. The Morgan fingerprint density at radius 2 is 0.716 bits per heavy atom. The van der Waals surface area contributed by atoms with Crippen molar-refractivity contribution in [3.63, 3.8) is 0 Å². The third kappa shape index (κ3) is 65.9. The van der Waals surface area contributed by atoms with Gasteiger partial charge in [0.25, 0.3) is 7.82 Å². The molecule has 0 bridgehead atoms. The van der Waals surface area contributed by atoms with Gasteiger partial charge in [0.05, 0.1) is 39.9 Å². The van der Waals surface area contributed by atoms with E-state index >= 15 is 0 Å². The number of carbonyl (C=O) groups excluding carboxylic acids is 1. The van der Waals surface area contributed by atoms with Gasteiger partial charge in [-0.05, 0) is 57.8 Å². The normalized spacial score (nSPS) is 13.9. The highest BCUT2D eigenvalue weighted by Crippen LogP contribution is 2.38. The Morgan fingerprint density at radius 1 is 0.432 bits per heavy atom. The topological polar surface area (TPSA) is 108 Å². The average molecular weight is 1160 g/mol. The van der Waals surface area contributed by atoms with E-state index in [9.17, 15) is 19.4 Å². The fraction of sp³-hybridized carbons (Fsp3) is 0.875. The fourth-order valence-electron chi connectivity index (χ4n) is 10.8. The second-order valence-electron chi connectivity index (χ2n) is 25.6. The number of amides is 1. The smallest absolute Gasteiger partial charge is 0.268 e. The number of aliphatic hydroxyl groups is 1. The molecular weight excluding hydrogens is 1020 g/mol. The first kappa shape index (κ1) is 79.5.